The summed E-state index contributed by atoms with van der Waals surface area (Å²) in [6, 6.07) is 6.03. The van der Waals surface area contributed by atoms with E-state index in [1.54, 1.807) is 7.11 Å². The number of nitrogens with zero attached hydrogens (tertiary/aromatic N) is 2. The Kier molecular flexibility index (Phi) is 5.32. The lowest BCUT2D eigenvalue weighted by Crippen LogP contribution is -2.23. The van der Waals surface area contributed by atoms with Crippen LogP contribution in [0.5, 0.6) is 0 Å². The van der Waals surface area contributed by atoms with Gasteiger partial charge in [-0.25, -0.2) is 4.98 Å². The molecule has 0 saturated heterocycles. The Labute approximate surface area is 120 Å². The van der Waals surface area contributed by atoms with Gasteiger partial charge in [-0.15, -0.1) is 0 Å². The summed E-state index contributed by atoms with van der Waals surface area (Å²) in [4.78, 5) is 4.61. The summed E-state index contributed by atoms with van der Waals surface area (Å²) >= 11 is 0. The number of hydrogen-bond acceptors (Lipinski definition) is 3. The molecular formula is C16H23N3O. The molecule has 0 saturated carbocycles. The van der Waals surface area contributed by atoms with Crippen molar-refractivity contribution in [2.45, 2.75) is 13.8 Å². The van der Waals surface area contributed by atoms with Crippen molar-refractivity contribution in [2.24, 2.45) is 5.92 Å². The first-order chi connectivity index (χ1) is 9.70. The van der Waals surface area contributed by atoms with Gasteiger partial charge in [-0.05, 0) is 24.1 Å². The van der Waals surface area contributed by atoms with Crippen LogP contribution in [0.15, 0.2) is 36.2 Å². The monoisotopic (exact) mass is 273 g/mol. The van der Waals surface area contributed by atoms with E-state index in [0.717, 1.165) is 31.0 Å². The second kappa shape index (κ2) is 7.22. The summed E-state index contributed by atoms with van der Waals surface area (Å²) in [6.45, 7) is 6.89. The fraction of sp³-hybridized carbons (Fsp3) is 0.438. The van der Waals surface area contributed by atoms with Gasteiger partial charge in [-0.2, -0.15) is 0 Å². The third-order valence-corrected chi connectivity index (χ3v) is 3.27. The van der Waals surface area contributed by atoms with Crippen LogP contribution in [0.4, 0.5) is 0 Å². The van der Waals surface area contributed by atoms with E-state index in [1.165, 1.54) is 5.57 Å². The van der Waals surface area contributed by atoms with Crippen molar-refractivity contribution in [3.05, 3.63) is 41.9 Å². The van der Waals surface area contributed by atoms with Crippen LogP contribution in [0, 0.1) is 5.92 Å². The third-order valence-electron chi connectivity index (χ3n) is 3.27. The highest BCUT2D eigenvalue weighted by Crippen LogP contribution is 2.14. The van der Waals surface area contributed by atoms with E-state index in [-0.39, 0.29) is 0 Å². The first-order valence-electron chi connectivity index (χ1n) is 7.04. The lowest BCUT2D eigenvalue weighted by atomic mass is 10.0. The van der Waals surface area contributed by atoms with Crippen LogP contribution in [-0.2, 0) is 4.74 Å². The van der Waals surface area contributed by atoms with Gasteiger partial charge in [-0.3, -0.25) is 0 Å². The quantitative estimate of drug-likeness (QED) is 0.788. The minimum atomic E-state index is 0.495. The van der Waals surface area contributed by atoms with Crippen LogP contribution < -0.4 is 5.32 Å². The van der Waals surface area contributed by atoms with Crippen molar-refractivity contribution in [3.8, 4) is 0 Å². The highest BCUT2D eigenvalue weighted by Gasteiger charge is 2.05. The number of pyridine rings is 1. The van der Waals surface area contributed by atoms with Gasteiger partial charge in [0.25, 0.3) is 0 Å². The third kappa shape index (κ3) is 3.92. The van der Waals surface area contributed by atoms with E-state index in [2.05, 4.69) is 36.4 Å². The van der Waals surface area contributed by atoms with Crippen molar-refractivity contribution >= 4 is 11.7 Å². The predicted molar refractivity (Wildman–Crippen MR) is 82.8 cm³/mol. The average Bonchev–Trinajstić information content (AvgIpc) is 2.84. The molecule has 0 bridgehead atoms. The largest absolute Gasteiger partial charge is 0.383 e. The predicted octanol–water partition coefficient (Wildman–Crippen LogP) is 2.61. The molecule has 0 unspecified atom stereocenters. The number of methoxy groups -OCH3 is 1. The molecule has 1 N–H and O–H groups in total. The van der Waals surface area contributed by atoms with Gasteiger partial charge < -0.3 is 14.5 Å². The lowest BCUT2D eigenvalue weighted by molar-refractivity contribution is 0.200. The van der Waals surface area contributed by atoms with Crippen LogP contribution in [0.1, 0.15) is 19.5 Å². The number of imidazole rings is 1. The maximum Gasteiger partial charge on any atom is 0.137 e. The van der Waals surface area contributed by atoms with Crippen molar-refractivity contribution in [3.63, 3.8) is 0 Å². The molecule has 108 valence electrons. The Balaban J connectivity index is 2.11. The summed E-state index contributed by atoms with van der Waals surface area (Å²) < 4.78 is 7.09. The molecule has 2 rings (SSSR count). The molecule has 0 aliphatic heterocycles. The van der Waals surface area contributed by atoms with Gasteiger partial charge >= 0.3 is 0 Å². The Morgan fingerprint density at radius 3 is 3.00 bits per heavy atom. The topological polar surface area (TPSA) is 38.6 Å². The summed E-state index contributed by atoms with van der Waals surface area (Å²) in [7, 11) is 1.72. The Morgan fingerprint density at radius 1 is 1.45 bits per heavy atom. The summed E-state index contributed by atoms with van der Waals surface area (Å²) in [5.74, 6) is 0.495. The first kappa shape index (κ1) is 14.8. The summed E-state index contributed by atoms with van der Waals surface area (Å²) in [5.41, 5.74) is 3.34. The molecule has 0 spiro atoms. The van der Waals surface area contributed by atoms with Crippen LogP contribution in [0.25, 0.3) is 11.7 Å². The molecule has 0 aromatic carbocycles. The van der Waals surface area contributed by atoms with Gasteiger partial charge in [0.05, 0.1) is 12.3 Å². The van der Waals surface area contributed by atoms with Crippen molar-refractivity contribution < 1.29 is 4.74 Å². The van der Waals surface area contributed by atoms with Gasteiger partial charge in [0.2, 0.25) is 0 Å². The molecular weight excluding hydrogens is 250 g/mol. The van der Waals surface area contributed by atoms with E-state index >= 15 is 0 Å². The van der Waals surface area contributed by atoms with Crippen LogP contribution >= 0.6 is 0 Å². The van der Waals surface area contributed by atoms with Crippen molar-refractivity contribution in [1.82, 2.24) is 14.7 Å². The molecule has 0 aliphatic rings. The van der Waals surface area contributed by atoms with E-state index in [9.17, 15) is 0 Å². The summed E-state index contributed by atoms with van der Waals surface area (Å²) in [6.07, 6.45) is 6.26. The van der Waals surface area contributed by atoms with E-state index < -0.39 is 0 Å². The fourth-order valence-corrected chi connectivity index (χ4v) is 2.04. The van der Waals surface area contributed by atoms with E-state index in [1.807, 2.05) is 28.8 Å². The molecule has 2 heterocycles. The minimum absolute atomic E-state index is 0.495. The van der Waals surface area contributed by atoms with Gasteiger partial charge in [-0.1, -0.05) is 25.5 Å². The zero-order valence-corrected chi connectivity index (χ0v) is 12.5. The molecule has 4 nitrogen and oxygen atoms in total. The molecule has 2 aromatic heterocycles. The number of aromatic nitrogens is 2. The maximum absolute atomic E-state index is 5.04. The molecule has 0 radical (unpaired) electrons. The smallest absolute Gasteiger partial charge is 0.137 e. The zero-order chi connectivity index (χ0) is 14.4. The van der Waals surface area contributed by atoms with Crippen molar-refractivity contribution in [2.75, 3.05) is 26.8 Å². The highest BCUT2D eigenvalue weighted by molar-refractivity contribution is 5.54. The molecule has 4 heteroatoms. The average molecular weight is 273 g/mol. The maximum atomic E-state index is 5.04. The molecule has 0 aliphatic carbocycles. The second-order valence-corrected chi connectivity index (χ2v) is 5.18. The molecule has 20 heavy (non-hydrogen) atoms. The summed E-state index contributed by atoms with van der Waals surface area (Å²) in [5, 5.41) is 3.39. The Morgan fingerprint density at radius 2 is 2.30 bits per heavy atom. The van der Waals surface area contributed by atoms with Crippen molar-refractivity contribution in [1.29, 1.82) is 0 Å². The molecule has 0 atom stereocenters. The highest BCUT2D eigenvalue weighted by atomic mass is 16.5. The molecule has 2 aromatic rings. The number of ether oxygens (including phenoxy) is 1. The normalized spacial score (nSPS) is 12.5. The van der Waals surface area contributed by atoms with Gasteiger partial charge in [0, 0.05) is 32.6 Å². The minimum Gasteiger partial charge on any atom is -0.383 e. The first-order valence-corrected chi connectivity index (χ1v) is 7.04. The van der Waals surface area contributed by atoms with Gasteiger partial charge in [0.1, 0.15) is 5.65 Å². The molecule has 0 fully saturated rings. The fourth-order valence-electron chi connectivity index (χ4n) is 2.04. The Bertz CT molecular complexity index is 539. The van der Waals surface area contributed by atoms with Crippen LogP contribution in [0.2, 0.25) is 0 Å². The standard InChI is InChI=1S/C16H23N3O/c1-13(2)14(11-17-7-9-20-3)10-15-12-19-8-5-4-6-16(19)18-15/h4-6,8,10,12-13,17H,7,9,11H2,1-3H3. The van der Waals surface area contributed by atoms with E-state index in [4.69, 9.17) is 4.74 Å². The van der Waals surface area contributed by atoms with Crippen LogP contribution in [-0.4, -0.2) is 36.2 Å². The second-order valence-electron chi connectivity index (χ2n) is 5.18. The number of nitrogens with one attached hydrogen (secondary N) is 1. The lowest BCUT2D eigenvalue weighted by Gasteiger charge is -2.12. The zero-order valence-electron chi connectivity index (χ0n) is 12.5. The van der Waals surface area contributed by atoms with E-state index in [0.29, 0.717) is 5.92 Å². The van der Waals surface area contributed by atoms with Crippen LogP contribution in [0.3, 0.4) is 0 Å². The SMILES string of the molecule is COCCNCC(=Cc1cn2ccccc2n1)C(C)C. The number of rotatable bonds is 7. The van der Waals surface area contributed by atoms with Gasteiger partial charge in [0.15, 0.2) is 0 Å². The Hall–Kier alpha value is -1.65. The number of fused-ring (bicyclic) bond motifs is 1. The molecule has 0 amide bonds. The number of hydrogen-bond donors (Lipinski definition) is 1.